The Morgan fingerprint density at radius 3 is 2.73 bits per heavy atom. The molecule has 5 heteroatoms. The number of aryl methyl sites for hydroxylation is 2. The zero-order valence-corrected chi connectivity index (χ0v) is 14.6. The minimum Gasteiger partial charge on any atom is -0.443 e. The highest BCUT2D eigenvalue weighted by atomic mass is 16.4. The van der Waals surface area contributed by atoms with Crippen LogP contribution in [-0.4, -0.2) is 10.5 Å². The fraction of sp³-hybridized carbons (Fsp3) is 0.238. The fourth-order valence-electron chi connectivity index (χ4n) is 3.64. The van der Waals surface area contributed by atoms with Crippen LogP contribution in [0.5, 0.6) is 0 Å². The standard InChI is InChI=1S/C21H19N3O2/c1-14-19(17(13-22)21(26-14)24-11-4-5-12-24)20(25)23-18-10-6-8-15-7-2-3-9-16(15)18/h4-6,8,10-12H,2-3,7,9H2,1H3,(H,23,25). The molecule has 26 heavy (non-hydrogen) atoms. The highest BCUT2D eigenvalue weighted by Gasteiger charge is 2.25. The molecule has 4 rings (SSSR count). The van der Waals surface area contributed by atoms with Gasteiger partial charge in [0.1, 0.15) is 23.0 Å². The van der Waals surface area contributed by atoms with Crippen LogP contribution in [0.3, 0.4) is 0 Å². The van der Waals surface area contributed by atoms with E-state index in [4.69, 9.17) is 4.42 Å². The number of rotatable bonds is 3. The summed E-state index contributed by atoms with van der Waals surface area (Å²) in [5.41, 5.74) is 3.88. The Bertz CT molecular complexity index is 1010. The zero-order valence-electron chi connectivity index (χ0n) is 14.6. The number of nitrogens with zero attached hydrogens (tertiary/aromatic N) is 2. The predicted molar refractivity (Wildman–Crippen MR) is 98.5 cm³/mol. The highest BCUT2D eigenvalue weighted by molar-refractivity contribution is 6.07. The predicted octanol–water partition coefficient (Wildman–Crippen LogP) is 4.38. The summed E-state index contributed by atoms with van der Waals surface area (Å²) in [6.07, 6.45) is 7.90. The lowest BCUT2D eigenvalue weighted by Gasteiger charge is -2.19. The van der Waals surface area contributed by atoms with Crippen molar-refractivity contribution in [2.24, 2.45) is 0 Å². The number of fused-ring (bicyclic) bond motifs is 1. The topological polar surface area (TPSA) is 71.0 Å². The molecule has 3 aromatic rings. The van der Waals surface area contributed by atoms with Gasteiger partial charge in [0.2, 0.25) is 5.88 Å². The van der Waals surface area contributed by atoms with Crippen molar-refractivity contribution in [2.45, 2.75) is 32.6 Å². The first-order chi connectivity index (χ1) is 12.7. The summed E-state index contributed by atoms with van der Waals surface area (Å²) in [4.78, 5) is 13.0. The van der Waals surface area contributed by atoms with Gasteiger partial charge < -0.3 is 9.73 Å². The number of amides is 1. The zero-order chi connectivity index (χ0) is 18.1. The summed E-state index contributed by atoms with van der Waals surface area (Å²) in [6, 6.07) is 11.8. The number of carbonyl (C=O) groups excluding carboxylic acids is 1. The summed E-state index contributed by atoms with van der Waals surface area (Å²) in [6.45, 7) is 1.71. The van der Waals surface area contributed by atoms with E-state index >= 15 is 0 Å². The molecule has 2 aromatic heterocycles. The smallest absolute Gasteiger partial charge is 0.260 e. The van der Waals surface area contributed by atoms with E-state index in [-0.39, 0.29) is 11.5 Å². The molecule has 0 fully saturated rings. The minimum absolute atomic E-state index is 0.251. The molecule has 0 saturated heterocycles. The van der Waals surface area contributed by atoms with E-state index in [2.05, 4.69) is 17.5 Å². The second-order valence-corrected chi connectivity index (χ2v) is 6.52. The molecule has 130 valence electrons. The number of carbonyl (C=O) groups is 1. The Morgan fingerprint density at radius 1 is 1.19 bits per heavy atom. The molecule has 0 radical (unpaired) electrons. The van der Waals surface area contributed by atoms with Crippen LogP contribution < -0.4 is 5.32 Å². The third kappa shape index (κ3) is 2.70. The molecule has 2 heterocycles. The van der Waals surface area contributed by atoms with E-state index in [1.807, 2.05) is 24.3 Å². The van der Waals surface area contributed by atoms with Gasteiger partial charge in [-0.15, -0.1) is 0 Å². The lowest BCUT2D eigenvalue weighted by atomic mass is 9.90. The molecule has 1 aromatic carbocycles. The Balaban J connectivity index is 1.71. The molecule has 1 aliphatic carbocycles. The maximum Gasteiger partial charge on any atom is 0.260 e. The molecular weight excluding hydrogens is 326 g/mol. The van der Waals surface area contributed by atoms with Crippen molar-refractivity contribution in [3.63, 3.8) is 0 Å². The van der Waals surface area contributed by atoms with Crippen LogP contribution in [-0.2, 0) is 12.8 Å². The second-order valence-electron chi connectivity index (χ2n) is 6.52. The summed E-state index contributed by atoms with van der Waals surface area (Å²) in [5.74, 6) is 0.503. The van der Waals surface area contributed by atoms with Crippen LogP contribution in [0.25, 0.3) is 5.88 Å². The van der Waals surface area contributed by atoms with Crippen LogP contribution >= 0.6 is 0 Å². The van der Waals surface area contributed by atoms with Gasteiger partial charge >= 0.3 is 0 Å². The molecular formula is C21H19N3O2. The highest BCUT2D eigenvalue weighted by Crippen LogP contribution is 2.30. The number of benzene rings is 1. The van der Waals surface area contributed by atoms with Gasteiger partial charge in [0.05, 0.1) is 0 Å². The van der Waals surface area contributed by atoms with Crippen LogP contribution in [0.4, 0.5) is 5.69 Å². The van der Waals surface area contributed by atoms with E-state index in [9.17, 15) is 10.1 Å². The van der Waals surface area contributed by atoms with Crippen molar-refractivity contribution in [2.75, 3.05) is 5.32 Å². The van der Waals surface area contributed by atoms with E-state index in [0.717, 1.165) is 24.9 Å². The molecule has 0 unspecified atom stereocenters. The molecule has 0 saturated carbocycles. The fourth-order valence-corrected chi connectivity index (χ4v) is 3.64. The van der Waals surface area contributed by atoms with Crippen molar-refractivity contribution in [1.29, 1.82) is 5.26 Å². The summed E-state index contributed by atoms with van der Waals surface area (Å²) >= 11 is 0. The number of nitriles is 1. The average Bonchev–Trinajstić information content (AvgIpc) is 3.29. The molecule has 1 N–H and O–H groups in total. The largest absolute Gasteiger partial charge is 0.443 e. The van der Waals surface area contributed by atoms with Crippen LogP contribution in [0, 0.1) is 18.3 Å². The van der Waals surface area contributed by atoms with E-state index in [1.54, 1.807) is 23.9 Å². The quantitative estimate of drug-likeness (QED) is 0.765. The number of furan rings is 1. The molecule has 0 atom stereocenters. The monoisotopic (exact) mass is 345 g/mol. The summed E-state index contributed by atoms with van der Waals surface area (Å²) in [7, 11) is 0. The maximum absolute atomic E-state index is 13.0. The summed E-state index contributed by atoms with van der Waals surface area (Å²) in [5, 5.41) is 12.6. The molecule has 0 aliphatic heterocycles. The van der Waals surface area contributed by atoms with E-state index in [0.29, 0.717) is 17.2 Å². The van der Waals surface area contributed by atoms with Crippen LogP contribution in [0.2, 0.25) is 0 Å². The first kappa shape index (κ1) is 16.2. The number of nitrogens with one attached hydrogen (secondary N) is 1. The van der Waals surface area contributed by atoms with Gasteiger partial charge in [-0.1, -0.05) is 12.1 Å². The molecule has 0 bridgehead atoms. The Morgan fingerprint density at radius 2 is 1.96 bits per heavy atom. The molecule has 5 nitrogen and oxygen atoms in total. The van der Waals surface area contributed by atoms with E-state index in [1.165, 1.54) is 17.5 Å². The lowest BCUT2D eigenvalue weighted by molar-refractivity contribution is 0.102. The van der Waals surface area contributed by atoms with Crippen molar-refractivity contribution >= 4 is 11.6 Å². The Hall–Kier alpha value is -3.26. The third-order valence-electron chi connectivity index (χ3n) is 4.89. The van der Waals surface area contributed by atoms with Gasteiger partial charge in [0.25, 0.3) is 5.91 Å². The van der Waals surface area contributed by atoms with Gasteiger partial charge in [0, 0.05) is 18.1 Å². The first-order valence-corrected chi connectivity index (χ1v) is 8.78. The second kappa shape index (κ2) is 6.57. The molecule has 1 amide bonds. The number of aromatic nitrogens is 1. The maximum atomic E-state index is 13.0. The Kier molecular flexibility index (Phi) is 4.10. The van der Waals surface area contributed by atoms with Gasteiger partial charge in [-0.2, -0.15) is 5.26 Å². The van der Waals surface area contributed by atoms with Gasteiger partial charge in [0.15, 0.2) is 0 Å². The summed E-state index contributed by atoms with van der Waals surface area (Å²) < 4.78 is 7.43. The van der Waals surface area contributed by atoms with Crippen molar-refractivity contribution < 1.29 is 9.21 Å². The van der Waals surface area contributed by atoms with Crippen LogP contribution in [0.1, 0.15) is 45.7 Å². The van der Waals surface area contributed by atoms with E-state index < -0.39 is 0 Å². The number of hydrogen-bond donors (Lipinski definition) is 1. The van der Waals surface area contributed by atoms with Gasteiger partial charge in [-0.05, 0) is 61.9 Å². The first-order valence-electron chi connectivity index (χ1n) is 8.78. The third-order valence-corrected chi connectivity index (χ3v) is 4.89. The lowest BCUT2D eigenvalue weighted by Crippen LogP contribution is -2.16. The average molecular weight is 345 g/mol. The number of anilines is 1. The van der Waals surface area contributed by atoms with Crippen LogP contribution in [0.15, 0.2) is 47.1 Å². The minimum atomic E-state index is -0.305. The molecule has 1 aliphatic rings. The van der Waals surface area contributed by atoms with Gasteiger partial charge in [-0.3, -0.25) is 9.36 Å². The van der Waals surface area contributed by atoms with Gasteiger partial charge in [-0.25, -0.2) is 0 Å². The number of hydrogen-bond acceptors (Lipinski definition) is 3. The Labute approximate surface area is 151 Å². The molecule has 0 spiro atoms. The van der Waals surface area contributed by atoms with Crippen molar-refractivity contribution in [1.82, 2.24) is 4.57 Å². The SMILES string of the molecule is Cc1oc(-n2cccc2)c(C#N)c1C(=O)Nc1cccc2c1CCCC2. The normalized spacial score (nSPS) is 13.1. The van der Waals surface area contributed by atoms with Crippen molar-refractivity contribution in [3.05, 3.63) is 70.7 Å². The van der Waals surface area contributed by atoms with Crippen molar-refractivity contribution in [3.8, 4) is 12.0 Å².